The normalized spacial score (nSPS) is 10.7. The monoisotopic (exact) mass is 418 g/mol. The number of aryl methyl sites for hydroxylation is 1. The zero-order valence-corrected chi connectivity index (χ0v) is 16.9. The topological polar surface area (TPSA) is 89.3 Å². The van der Waals surface area contributed by atoms with Crippen molar-refractivity contribution in [2.24, 2.45) is 0 Å². The maximum atomic E-state index is 11.0. The van der Waals surface area contributed by atoms with E-state index in [0.29, 0.717) is 22.5 Å². The Morgan fingerprint density at radius 3 is 2.64 bits per heavy atom. The Labute approximate surface area is 171 Å². The number of nitrogens with zero attached hydrogens (tertiary/aromatic N) is 3. The van der Waals surface area contributed by atoms with Gasteiger partial charge in [-0.2, -0.15) is 0 Å². The van der Waals surface area contributed by atoms with Crippen LogP contribution in [-0.4, -0.2) is 38.7 Å². The van der Waals surface area contributed by atoms with Gasteiger partial charge in [0.1, 0.15) is 5.75 Å². The second kappa shape index (κ2) is 8.99. The minimum absolute atomic E-state index is 0.102. The van der Waals surface area contributed by atoms with Crippen molar-refractivity contribution in [3.63, 3.8) is 0 Å². The summed E-state index contributed by atoms with van der Waals surface area (Å²) in [6.07, 6.45) is 0. The van der Waals surface area contributed by atoms with Gasteiger partial charge < -0.3 is 15.2 Å². The van der Waals surface area contributed by atoms with Crippen molar-refractivity contribution in [1.29, 1.82) is 0 Å². The Morgan fingerprint density at radius 2 is 2.00 bits per heavy atom. The molecule has 0 bridgehead atoms. The van der Waals surface area contributed by atoms with Gasteiger partial charge in [0, 0.05) is 16.4 Å². The molecule has 0 saturated carbocycles. The number of aliphatic carboxylic acids is 1. The SMILES string of the molecule is COc1ccc(-n2c(CNc3ccc(C)c(Cl)c3)nnc2SCC(=O)O)cc1. The molecule has 1 heterocycles. The van der Waals surface area contributed by atoms with Gasteiger partial charge >= 0.3 is 5.97 Å². The first-order valence-electron chi connectivity index (χ1n) is 8.41. The van der Waals surface area contributed by atoms with Crippen LogP contribution in [0.25, 0.3) is 5.69 Å². The minimum atomic E-state index is -0.914. The molecule has 9 heteroatoms. The lowest BCUT2D eigenvalue weighted by atomic mass is 10.2. The maximum Gasteiger partial charge on any atom is 0.313 e. The molecule has 2 N–H and O–H groups in total. The third kappa shape index (κ3) is 4.76. The van der Waals surface area contributed by atoms with Crippen LogP contribution in [0.15, 0.2) is 47.6 Å². The van der Waals surface area contributed by atoms with Gasteiger partial charge in [-0.15, -0.1) is 10.2 Å². The number of carboxylic acid groups (broad SMARTS) is 1. The summed E-state index contributed by atoms with van der Waals surface area (Å²) in [5.74, 6) is 0.360. The van der Waals surface area contributed by atoms with E-state index in [0.717, 1.165) is 34.4 Å². The molecule has 0 spiro atoms. The number of methoxy groups -OCH3 is 1. The average Bonchev–Trinajstić information content (AvgIpc) is 3.10. The summed E-state index contributed by atoms with van der Waals surface area (Å²) in [5, 5.41) is 21.9. The molecule has 1 aromatic heterocycles. The molecule has 146 valence electrons. The lowest BCUT2D eigenvalue weighted by molar-refractivity contribution is -0.133. The first-order chi connectivity index (χ1) is 13.5. The van der Waals surface area contributed by atoms with Crippen LogP contribution in [0.2, 0.25) is 5.02 Å². The van der Waals surface area contributed by atoms with Gasteiger partial charge in [0.25, 0.3) is 0 Å². The number of rotatable bonds is 8. The molecule has 0 radical (unpaired) electrons. The molecule has 28 heavy (non-hydrogen) atoms. The molecule has 3 aromatic rings. The number of carbonyl (C=O) groups is 1. The first-order valence-corrected chi connectivity index (χ1v) is 9.77. The summed E-state index contributed by atoms with van der Waals surface area (Å²) in [6.45, 7) is 2.34. The molecule has 0 amide bonds. The number of hydrogen-bond acceptors (Lipinski definition) is 6. The van der Waals surface area contributed by atoms with Crippen molar-refractivity contribution in [3.8, 4) is 11.4 Å². The summed E-state index contributed by atoms with van der Waals surface area (Å²) >= 11 is 7.30. The predicted molar refractivity (Wildman–Crippen MR) is 110 cm³/mol. The maximum absolute atomic E-state index is 11.0. The molecular weight excluding hydrogens is 400 g/mol. The van der Waals surface area contributed by atoms with Gasteiger partial charge in [-0.3, -0.25) is 9.36 Å². The highest BCUT2D eigenvalue weighted by Crippen LogP contribution is 2.25. The van der Waals surface area contributed by atoms with Crippen LogP contribution in [0.5, 0.6) is 5.75 Å². The molecule has 0 aliphatic heterocycles. The Bertz CT molecular complexity index is 976. The zero-order chi connectivity index (χ0) is 20.1. The van der Waals surface area contributed by atoms with E-state index >= 15 is 0 Å². The van der Waals surface area contributed by atoms with Gasteiger partial charge in [-0.25, -0.2) is 0 Å². The largest absolute Gasteiger partial charge is 0.497 e. The number of ether oxygens (including phenoxy) is 1. The van der Waals surface area contributed by atoms with Crippen LogP contribution in [0.3, 0.4) is 0 Å². The Morgan fingerprint density at radius 1 is 1.25 bits per heavy atom. The lowest BCUT2D eigenvalue weighted by Gasteiger charge is -2.12. The van der Waals surface area contributed by atoms with Gasteiger partial charge in [0.2, 0.25) is 0 Å². The van der Waals surface area contributed by atoms with E-state index in [4.69, 9.17) is 21.4 Å². The highest BCUT2D eigenvalue weighted by molar-refractivity contribution is 7.99. The third-order valence-corrected chi connectivity index (χ3v) is 5.30. The number of halogens is 1. The van der Waals surface area contributed by atoms with Gasteiger partial charge in [0.15, 0.2) is 11.0 Å². The molecule has 7 nitrogen and oxygen atoms in total. The molecule has 0 atom stereocenters. The second-order valence-electron chi connectivity index (χ2n) is 5.93. The fourth-order valence-corrected chi connectivity index (χ4v) is 3.38. The Hall–Kier alpha value is -2.71. The summed E-state index contributed by atoms with van der Waals surface area (Å²) < 4.78 is 7.03. The van der Waals surface area contributed by atoms with Crippen LogP contribution in [0.4, 0.5) is 5.69 Å². The predicted octanol–water partition coefficient (Wildman–Crippen LogP) is 4.03. The molecule has 0 saturated heterocycles. The second-order valence-corrected chi connectivity index (χ2v) is 7.28. The quantitative estimate of drug-likeness (QED) is 0.534. The smallest absolute Gasteiger partial charge is 0.313 e. The molecule has 2 aromatic carbocycles. The van der Waals surface area contributed by atoms with Crippen molar-refractivity contribution in [2.45, 2.75) is 18.6 Å². The number of carboxylic acids is 1. The van der Waals surface area contributed by atoms with Crippen molar-refractivity contribution in [1.82, 2.24) is 14.8 Å². The summed E-state index contributed by atoms with van der Waals surface area (Å²) in [4.78, 5) is 11.0. The number of thioether (sulfide) groups is 1. The van der Waals surface area contributed by atoms with Crippen molar-refractivity contribution >= 4 is 35.0 Å². The fraction of sp³-hybridized carbons (Fsp3) is 0.211. The van der Waals surface area contributed by atoms with E-state index in [1.807, 2.05) is 54.0 Å². The lowest BCUT2D eigenvalue weighted by Crippen LogP contribution is -2.09. The summed E-state index contributed by atoms with van der Waals surface area (Å²) in [7, 11) is 1.60. The van der Waals surface area contributed by atoms with Gasteiger partial charge in [-0.05, 0) is 48.9 Å². The number of aromatic nitrogens is 3. The Kier molecular flexibility index (Phi) is 6.43. The van der Waals surface area contributed by atoms with E-state index in [1.54, 1.807) is 7.11 Å². The van der Waals surface area contributed by atoms with E-state index in [-0.39, 0.29) is 5.75 Å². The van der Waals surface area contributed by atoms with Crippen LogP contribution in [0.1, 0.15) is 11.4 Å². The van der Waals surface area contributed by atoms with E-state index < -0.39 is 5.97 Å². The standard InChI is InChI=1S/C19H19ClN4O3S/c1-12-3-4-13(9-16(12)20)21-10-17-22-23-19(28-11-18(25)26)24(17)14-5-7-15(27-2)8-6-14/h3-9,21H,10-11H2,1-2H3,(H,25,26). The number of hydrogen-bond donors (Lipinski definition) is 2. The van der Waals surface area contributed by atoms with Crippen LogP contribution in [-0.2, 0) is 11.3 Å². The van der Waals surface area contributed by atoms with E-state index in [2.05, 4.69) is 15.5 Å². The Balaban J connectivity index is 1.88. The van der Waals surface area contributed by atoms with Crippen molar-refractivity contribution < 1.29 is 14.6 Å². The summed E-state index contributed by atoms with van der Waals surface area (Å²) in [6, 6.07) is 13.1. The minimum Gasteiger partial charge on any atom is -0.497 e. The third-order valence-electron chi connectivity index (χ3n) is 3.98. The van der Waals surface area contributed by atoms with Gasteiger partial charge in [0.05, 0.1) is 19.4 Å². The van der Waals surface area contributed by atoms with Crippen LogP contribution in [0, 0.1) is 6.92 Å². The molecule has 0 aliphatic carbocycles. The molecular formula is C19H19ClN4O3S. The molecule has 0 fully saturated rings. The van der Waals surface area contributed by atoms with E-state index in [1.165, 1.54) is 0 Å². The highest BCUT2D eigenvalue weighted by Gasteiger charge is 2.16. The number of benzene rings is 2. The number of anilines is 1. The highest BCUT2D eigenvalue weighted by atomic mass is 35.5. The molecule has 0 aliphatic rings. The fourth-order valence-electron chi connectivity index (χ4n) is 2.51. The van der Waals surface area contributed by atoms with Crippen LogP contribution >= 0.6 is 23.4 Å². The van der Waals surface area contributed by atoms with E-state index in [9.17, 15) is 4.79 Å². The molecule has 0 unspecified atom stereocenters. The summed E-state index contributed by atoms with van der Waals surface area (Å²) in [5.41, 5.74) is 2.68. The van der Waals surface area contributed by atoms with Gasteiger partial charge in [-0.1, -0.05) is 29.4 Å². The van der Waals surface area contributed by atoms with Crippen molar-refractivity contribution in [3.05, 3.63) is 58.9 Å². The van der Waals surface area contributed by atoms with Crippen molar-refractivity contribution in [2.75, 3.05) is 18.2 Å². The first kappa shape index (κ1) is 20.0. The molecule has 3 rings (SSSR count). The van der Waals surface area contributed by atoms with Crippen LogP contribution < -0.4 is 10.1 Å². The number of nitrogens with one attached hydrogen (secondary N) is 1. The zero-order valence-electron chi connectivity index (χ0n) is 15.3. The average molecular weight is 419 g/mol.